The van der Waals surface area contributed by atoms with Crippen molar-refractivity contribution in [2.24, 2.45) is 0 Å². The summed E-state index contributed by atoms with van der Waals surface area (Å²) in [6.07, 6.45) is 1.61. The van der Waals surface area contributed by atoms with Gasteiger partial charge in [0.25, 0.3) is 5.91 Å². The molecule has 43 heavy (non-hydrogen) atoms. The number of nitrogens with zero attached hydrogens (tertiary/aromatic N) is 6. The van der Waals surface area contributed by atoms with Gasteiger partial charge in [-0.05, 0) is 36.6 Å². The number of piperazine rings is 1. The summed E-state index contributed by atoms with van der Waals surface area (Å²) in [7, 11) is 0. The molecule has 13 heteroatoms. The lowest BCUT2D eigenvalue weighted by molar-refractivity contribution is -0.129. The van der Waals surface area contributed by atoms with Crippen molar-refractivity contribution >= 4 is 22.8 Å². The van der Waals surface area contributed by atoms with Crippen LogP contribution < -0.4 is 15.3 Å². The molecular formula is C30H27F3N6O4. The summed E-state index contributed by atoms with van der Waals surface area (Å²) in [6, 6.07) is 4.58. The van der Waals surface area contributed by atoms with Gasteiger partial charge in [-0.15, -0.1) is 0 Å². The number of hydrogen-bond donors (Lipinski definition) is 1. The average Bonchev–Trinajstić information content (AvgIpc) is 3.12. The monoisotopic (exact) mass is 592 g/mol. The predicted molar refractivity (Wildman–Crippen MR) is 152 cm³/mol. The van der Waals surface area contributed by atoms with Gasteiger partial charge in [0.15, 0.2) is 23.0 Å². The molecule has 0 aliphatic carbocycles. The first-order valence-electron chi connectivity index (χ1n) is 13.6. The molecule has 6 rings (SSSR count). The average molecular weight is 593 g/mol. The number of ether oxygens (including phenoxy) is 1. The van der Waals surface area contributed by atoms with Crippen LogP contribution >= 0.6 is 0 Å². The number of amides is 1. The summed E-state index contributed by atoms with van der Waals surface area (Å²) < 4.78 is 52.4. The van der Waals surface area contributed by atoms with Crippen LogP contribution in [-0.4, -0.2) is 67.7 Å². The second kappa shape index (κ2) is 10.4. The number of fused-ring (bicyclic) bond motifs is 2. The molecule has 10 nitrogen and oxygen atoms in total. The second-order valence-corrected chi connectivity index (χ2v) is 10.8. The third-order valence-electron chi connectivity index (χ3n) is 7.75. The van der Waals surface area contributed by atoms with E-state index in [1.807, 2.05) is 13.8 Å². The maximum Gasteiger partial charge on any atom is 0.355 e. The Balaban J connectivity index is 1.69. The maximum atomic E-state index is 16.4. The van der Waals surface area contributed by atoms with Crippen LogP contribution in [0, 0.1) is 18.6 Å². The number of aromatic hydroxyl groups is 1. The van der Waals surface area contributed by atoms with Gasteiger partial charge in [-0.2, -0.15) is 4.98 Å². The summed E-state index contributed by atoms with van der Waals surface area (Å²) in [6.45, 7) is 8.66. The molecular weight excluding hydrogens is 565 g/mol. The first-order chi connectivity index (χ1) is 20.5. The van der Waals surface area contributed by atoms with Crippen molar-refractivity contribution in [3.63, 3.8) is 0 Å². The number of aryl methyl sites for hydroxylation is 1. The van der Waals surface area contributed by atoms with Gasteiger partial charge in [0.05, 0.1) is 23.0 Å². The van der Waals surface area contributed by atoms with Crippen LogP contribution in [0.5, 0.6) is 11.5 Å². The van der Waals surface area contributed by atoms with Crippen molar-refractivity contribution in [2.45, 2.75) is 32.7 Å². The zero-order chi connectivity index (χ0) is 30.7. The quantitative estimate of drug-likeness (QED) is 0.352. The van der Waals surface area contributed by atoms with Crippen LogP contribution in [0.1, 0.15) is 31.0 Å². The van der Waals surface area contributed by atoms with Crippen molar-refractivity contribution in [3.05, 3.63) is 76.2 Å². The summed E-state index contributed by atoms with van der Waals surface area (Å²) in [4.78, 5) is 42.6. The Morgan fingerprint density at radius 1 is 1.19 bits per heavy atom. The smallest absolute Gasteiger partial charge is 0.355 e. The summed E-state index contributed by atoms with van der Waals surface area (Å²) in [5.41, 5.74) is -0.329. The van der Waals surface area contributed by atoms with Crippen molar-refractivity contribution < 1.29 is 27.8 Å². The van der Waals surface area contributed by atoms with E-state index in [1.54, 1.807) is 24.1 Å². The van der Waals surface area contributed by atoms with Gasteiger partial charge in [0.1, 0.15) is 35.1 Å². The summed E-state index contributed by atoms with van der Waals surface area (Å²) in [5, 5.41) is 10.6. The number of phenols is 1. The molecule has 1 saturated heterocycles. The van der Waals surface area contributed by atoms with Crippen LogP contribution in [0.15, 0.2) is 47.7 Å². The Bertz CT molecular complexity index is 1870. The Morgan fingerprint density at radius 3 is 2.65 bits per heavy atom. The Kier molecular flexibility index (Phi) is 6.82. The Labute approximate surface area is 243 Å². The fourth-order valence-corrected chi connectivity index (χ4v) is 5.74. The van der Waals surface area contributed by atoms with Crippen molar-refractivity contribution in [1.29, 1.82) is 0 Å². The van der Waals surface area contributed by atoms with E-state index in [1.165, 1.54) is 21.6 Å². The molecule has 0 saturated carbocycles. The van der Waals surface area contributed by atoms with Gasteiger partial charge in [-0.1, -0.05) is 26.5 Å². The van der Waals surface area contributed by atoms with Gasteiger partial charge in [0.2, 0.25) is 0 Å². The van der Waals surface area contributed by atoms with E-state index in [-0.39, 0.29) is 54.8 Å². The van der Waals surface area contributed by atoms with Crippen LogP contribution in [0.3, 0.4) is 0 Å². The van der Waals surface area contributed by atoms with Crippen LogP contribution in [0.4, 0.5) is 19.0 Å². The highest BCUT2D eigenvalue weighted by Crippen LogP contribution is 2.44. The molecule has 2 aliphatic heterocycles. The van der Waals surface area contributed by atoms with Crippen LogP contribution in [-0.2, 0) is 4.79 Å². The molecule has 222 valence electrons. The largest absolute Gasteiger partial charge is 0.507 e. The zero-order valence-corrected chi connectivity index (χ0v) is 23.6. The van der Waals surface area contributed by atoms with E-state index < -0.39 is 52.1 Å². The fourth-order valence-electron chi connectivity index (χ4n) is 5.74. The van der Waals surface area contributed by atoms with E-state index in [0.29, 0.717) is 16.9 Å². The molecule has 1 unspecified atom stereocenters. The summed E-state index contributed by atoms with van der Waals surface area (Å²) in [5.74, 6) is -5.00. The third kappa shape index (κ3) is 4.46. The predicted octanol–water partition coefficient (Wildman–Crippen LogP) is 4.15. The number of pyridine rings is 2. The minimum atomic E-state index is -1.12. The van der Waals surface area contributed by atoms with Gasteiger partial charge in [-0.25, -0.2) is 27.5 Å². The fraction of sp³-hybridized carbons (Fsp3) is 0.300. The van der Waals surface area contributed by atoms with Gasteiger partial charge >= 0.3 is 5.69 Å². The minimum absolute atomic E-state index is 0.0166. The van der Waals surface area contributed by atoms with E-state index in [9.17, 15) is 19.1 Å². The van der Waals surface area contributed by atoms with Crippen LogP contribution in [0.25, 0.3) is 28.0 Å². The molecule has 0 spiro atoms. The van der Waals surface area contributed by atoms with E-state index >= 15 is 8.78 Å². The van der Waals surface area contributed by atoms with Crippen LogP contribution in [0.2, 0.25) is 0 Å². The lowest BCUT2D eigenvalue weighted by atomic mass is 10.0. The number of carbonyl (C=O) groups is 1. The number of halogens is 3. The number of carbonyl (C=O) groups excluding carboxylic acids is 1. The third-order valence-corrected chi connectivity index (χ3v) is 7.75. The SMILES string of the molecule is C=C(F)C(=O)N1CCN2c3nc(=O)n(-c4c(C)ccnc4C(C)C)c4nc(-c5c(O)cccc5F)c(F)c(c34)OCC2C1. The highest BCUT2D eigenvalue weighted by molar-refractivity contribution is 5.97. The molecule has 5 heterocycles. The zero-order valence-electron chi connectivity index (χ0n) is 23.6. The molecule has 1 atom stereocenters. The number of phenolic OH excluding ortho intramolecular Hbond substituents is 1. The Hall–Kier alpha value is -4.94. The summed E-state index contributed by atoms with van der Waals surface area (Å²) >= 11 is 0. The first-order valence-corrected chi connectivity index (χ1v) is 13.6. The van der Waals surface area contributed by atoms with Gasteiger partial charge < -0.3 is 19.6 Å². The van der Waals surface area contributed by atoms with E-state index in [0.717, 1.165) is 6.07 Å². The number of anilines is 1. The molecule has 1 fully saturated rings. The van der Waals surface area contributed by atoms with Crippen molar-refractivity contribution in [3.8, 4) is 28.4 Å². The van der Waals surface area contributed by atoms with Crippen molar-refractivity contribution in [2.75, 3.05) is 31.1 Å². The number of aromatic nitrogens is 4. The molecule has 0 bridgehead atoms. The molecule has 0 radical (unpaired) electrons. The highest BCUT2D eigenvalue weighted by atomic mass is 19.1. The van der Waals surface area contributed by atoms with Gasteiger partial charge in [-0.3, -0.25) is 9.78 Å². The number of hydrogen-bond acceptors (Lipinski definition) is 8. The normalized spacial score (nSPS) is 16.2. The number of rotatable bonds is 4. The molecule has 1 aromatic carbocycles. The molecule has 1 N–H and O–H groups in total. The van der Waals surface area contributed by atoms with E-state index in [2.05, 4.69) is 21.5 Å². The Morgan fingerprint density at radius 2 is 1.95 bits per heavy atom. The second-order valence-electron chi connectivity index (χ2n) is 10.8. The lowest BCUT2D eigenvalue weighted by Crippen LogP contribution is -2.57. The molecule has 1 amide bonds. The topological polar surface area (TPSA) is 114 Å². The molecule has 4 aromatic rings. The van der Waals surface area contributed by atoms with Gasteiger partial charge in [0, 0.05) is 25.8 Å². The minimum Gasteiger partial charge on any atom is -0.507 e. The lowest BCUT2D eigenvalue weighted by Gasteiger charge is -2.40. The first kappa shape index (κ1) is 28.2. The van der Waals surface area contributed by atoms with E-state index in [4.69, 9.17) is 4.74 Å². The maximum absolute atomic E-state index is 16.4. The molecule has 2 aliphatic rings. The standard InChI is InChI=1S/C30H27F3N6O4/c1-14(2)23-25(15(3)8-9-34-23)39-28-21-26(22(33)24(35-28)20-18(32)6-5-7-19(20)40)43-13-17-12-37(29(41)16(4)31)10-11-38(17)27(21)36-30(39)42/h5-9,14,17,40H,4,10-13H2,1-3H3. The molecule has 3 aromatic heterocycles. The number of benzene rings is 1. The highest BCUT2D eigenvalue weighted by Gasteiger charge is 2.38. The van der Waals surface area contributed by atoms with Crippen molar-refractivity contribution in [1.82, 2.24) is 24.4 Å².